The lowest BCUT2D eigenvalue weighted by atomic mass is 10.00. The van der Waals surface area contributed by atoms with Gasteiger partial charge in [0, 0.05) is 24.4 Å². The summed E-state index contributed by atoms with van der Waals surface area (Å²) in [5.41, 5.74) is 1.94. The highest BCUT2D eigenvalue weighted by atomic mass is 16.5. The van der Waals surface area contributed by atoms with Crippen LogP contribution in [-0.2, 0) is 14.3 Å². The smallest absolute Gasteiger partial charge is 0.255 e. The number of anilines is 1. The lowest BCUT2D eigenvalue weighted by Crippen LogP contribution is -2.53. The van der Waals surface area contributed by atoms with E-state index in [4.69, 9.17) is 14.7 Å². The van der Waals surface area contributed by atoms with Crippen molar-refractivity contribution in [3.8, 4) is 6.07 Å². The highest BCUT2D eigenvalue weighted by molar-refractivity contribution is 6.04. The minimum atomic E-state index is -0.942. The van der Waals surface area contributed by atoms with Crippen molar-refractivity contribution in [2.75, 3.05) is 38.3 Å². The monoisotopic (exact) mass is 423 g/mol. The van der Waals surface area contributed by atoms with Crippen LogP contribution in [0.5, 0.6) is 0 Å². The molecule has 3 rings (SSSR count). The molecule has 0 aliphatic carbocycles. The Bertz CT molecular complexity index is 954. The summed E-state index contributed by atoms with van der Waals surface area (Å²) in [5, 5.41) is 22.6. The van der Waals surface area contributed by atoms with E-state index in [1.807, 2.05) is 13.0 Å². The molecule has 2 aromatic carbocycles. The van der Waals surface area contributed by atoms with Gasteiger partial charge in [0.1, 0.15) is 12.7 Å². The number of hydrogen-bond donors (Lipinski definition) is 2. The summed E-state index contributed by atoms with van der Waals surface area (Å²) in [6.07, 6.45) is -0.942. The normalized spacial score (nSPS) is 17.1. The molecule has 2 N–H and O–H groups in total. The van der Waals surface area contributed by atoms with Crippen LogP contribution in [0.4, 0.5) is 5.69 Å². The van der Waals surface area contributed by atoms with E-state index in [0.717, 1.165) is 0 Å². The number of morpholine rings is 1. The molecular formula is C23H25N3O5. The molecule has 1 aliphatic rings. The number of rotatable bonds is 8. The molecule has 2 unspecified atom stereocenters. The summed E-state index contributed by atoms with van der Waals surface area (Å²) in [6.45, 7) is 3.44. The van der Waals surface area contributed by atoms with E-state index in [1.54, 1.807) is 47.4 Å². The van der Waals surface area contributed by atoms with Crippen LogP contribution >= 0.6 is 0 Å². The van der Waals surface area contributed by atoms with Crippen LogP contribution in [0.15, 0.2) is 48.5 Å². The van der Waals surface area contributed by atoms with Crippen molar-refractivity contribution >= 4 is 17.5 Å². The fourth-order valence-electron chi connectivity index (χ4n) is 3.40. The van der Waals surface area contributed by atoms with Crippen molar-refractivity contribution in [1.82, 2.24) is 4.90 Å². The van der Waals surface area contributed by atoms with Gasteiger partial charge in [-0.1, -0.05) is 18.2 Å². The Morgan fingerprint density at radius 2 is 2.13 bits per heavy atom. The molecule has 162 valence electrons. The summed E-state index contributed by atoms with van der Waals surface area (Å²) in [7, 11) is 0. The predicted molar refractivity (Wildman–Crippen MR) is 113 cm³/mol. The van der Waals surface area contributed by atoms with Crippen LogP contribution in [0.2, 0.25) is 0 Å². The number of nitriles is 1. The third-order valence-corrected chi connectivity index (χ3v) is 5.04. The van der Waals surface area contributed by atoms with E-state index in [1.165, 1.54) is 6.07 Å². The number of hydrogen-bond acceptors (Lipinski definition) is 6. The average molecular weight is 423 g/mol. The molecule has 1 heterocycles. The molecule has 2 atom stereocenters. The van der Waals surface area contributed by atoms with Gasteiger partial charge in [0.15, 0.2) is 0 Å². The van der Waals surface area contributed by atoms with Crippen molar-refractivity contribution in [3.05, 3.63) is 65.2 Å². The van der Waals surface area contributed by atoms with Crippen LogP contribution in [0.25, 0.3) is 0 Å². The number of benzene rings is 2. The molecule has 8 nitrogen and oxygen atoms in total. The first kappa shape index (κ1) is 22.4. The van der Waals surface area contributed by atoms with Gasteiger partial charge < -0.3 is 24.8 Å². The Hall–Kier alpha value is -3.25. The van der Waals surface area contributed by atoms with Crippen molar-refractivity contribution in [2.24, 2.45) is 0 Å². The number of amides is 2. The number of carbonyl (C=O) groups is 2. The standard InChI is InChI=1S/C23H25N3O5/c1-2-30-11-10-26-20(14-31-15-21(26)27)22(28)17-6-8-19(9-7-17)25-23(29)18-5-3-4-16(12-18)13-24/h3-9,12,20,22,28H,2,10-11,14-15H2,1H3,(H,25,29). The van der Waals surface area contributed by atoms with E-state index in [0.29, 0.717) is 42.1 Å². The highest BCUT2D eigenvalue weighted by Crippen LogP contribution is 2.25. The number of carbonyl (C=O) groups excluding carboxylic acids is 2. The van der Waals surface area contributed by atoms with E-state index < -0.39 is 12.1 Å². The first-order valence-corrected chi connectivity index (χ1v) is 10.1. The second kappa shape index (κ2) is 10.7. The maximum atomic E-state index is 12.4. The molecule has 1 aliphatic heterocycles. The molecule has 1 fully saturated rings. The van der Waals surface area contributed by atoms with Gasteiger partial charge in [0.25, 0.3) is 5.91 Å². The van der Waals surface area contributed by atoms with E-state index in [-0.39, 0.29) is 25.0 Å². The zero-order valence-electron chi connectivity index (χ0n) is 17.3. The Labute approximate surface area is 181 Å². The second-order valence-electron chi connectivity index (χ2n) is 7.08. The summed E-state index contributed by atoms with van der Waals surface area (Å²) in [5.74, 6) is -0.516. The van der Waals surface area contributed by atoms with Crippen LogP contribution < -0.4 is 5.32 Å². The molecule has 0 aromatic heterocycles. The Kier molecular flexibility index (Phi) is 7.73. The maximum Gasteiger partial charge on any atom is 0.255 e. The predicted octanol–water partition coefficient (Wildman–Crippen LogP) is 2.11. The van der Waals surface area contributed by atoms with Gasteiger partial charge in [-0.05, 0) is 42.8 Å². The summed E-state index contributed by atoms with van der Waals surface area (Å²) in [4.78, 5) is 26.3. The van der Waals surface area contributed by atoms with Crippen LogP contribution in [-0.4, -0.2) is 60.8 Å². The van der Waals surface area contributed by atoms with Gasteiger partial charge in [0.05, 0.1) is 30.9 Å². The van der Waals surface area contributed by atoms with Gasteiger partial charge in [-0.15, -0.1) is 0 Å². The van der Waals surface area contributed by atoms with Crippen molar-refractivity contribution in [2.45, 2.75) is 19.1 Å². The van der Waals surface area contributed by atoms with Crippen LogP contribution in [0.3, 0.4) is 0 Å². The Balaban J connectivity index is 1.67. The molecule has 2 amide bonds. The fraction of sp³-hybridized carbons (Fsp3) is 0.348. The van der Waals surface area contributed by atoms with Crippen LogP contribution in [0, 0.1) is 11.3 Å². The van der Waals surface area contributed by atoms with Gasteiger partial charge >= 0.3 is 0 Å². The van der Waals surface area contributed by atoms with Gasteiger partial charge in [0.2, 0.25) is 5.91 Å². The van der Waals surface area contributed by atoms with Gasteiger partial charge in [-0.3, -0.25) is 9.59 Å². The Morgan fingerprint density at radius 3 is 2.84 bits per heavy atom. The summed E-state index contributed by atoms with van der Waals surface area (Å²) in [6, 6.07) is 14.7. The molecular weight excluding hydrogens is 398 g/mol. The minimum absolute atomic E-state index is 0.00663. The van der Waals surface area contributed by atoms with Crippen molar-refractivity contribution in [3.63, 3.8) is 0 Å². The molecule has 8 heteroatoms. The third kappa shape index (κ3) is 5.67. The molecule has 0 bridgehead atoms. The lowest BCUT2D eigenvalue weighted by Gasteiger charge is -2.38. The van der Waals surface area contributed by atoms with E-state index in [9.17, 15) is 14.7 Å². The first-order chi connectivity index (χ1) is 15.0. The highest BCUT2D eigenvalue weighted by Gasteiger charge is 2.34. The number of aliphatic hydroxyl groups is 1. The fourth-order valence-corrected chi connectivity index (χ4v) is 3.40. The molecule has 0 spiro atoms. The topological polar surface area (TPSA) is 112 Å². The zero-order chi connectivity index (χ0) is 22.2. The zero-order valence-corrected chi connectivity index (χ0v) is 17.3. The van der Waals surface area contributed by atoms with Gasteiger partial charge in [-0.25, -0.2) is 0 Å². The van der Waals surface area contributed by atoms with Crippen LogP contribution in [0.1, 0.15) is 34.5 Å². The lowest BCUT2D eigenvalue weighted by molar-refractivity contribution is -0.155. The summed E-state index contributed by atoms with van der Waals surface area (Å²) >= 11 is 0. The molecule has 31 heavy (non-hydrogen) atoms. The van der Waals surface area contributed by atoms with E-state index >= 15 is 0 Å². The summed E-state index contributed by atoms with van der Waals surface area (Å²) < 4.78 is 10.7. The molecule has 2 aromatic rings. The van der Waals surface area contributed by atoms with E-state index in [2.05, 4.69) is 5.32 Å². The largest absolute Gasteiger partial charge is 0.386 e. The number of aliphatic hydroxyl groups excluding tert-OH is 1. The number of ether oxygens (including phenoxy) is 2. The first-order valence-electron chi connectivity index (χ1n) is 10.1. The average Bonchev–Trinajstić information content (AvgIpc) is 2.80. The molecule has 1 saturated heterocycles. The Morgan fingerprint density at radius 1 is 1.35 bits per heavy atom. The SMILES string of the molecule is CCOCCN1C(=O)COCC1C(O)c1ccc(NC(=O)c2cccc(C#N)c2)cc1. The maximum absolute atomic E-state index is 12.4. The minimum Gasteiger partial charge on any atom is -0.386 e. The third-order valence-electron chi connectivity index (χ3n) is 5.04. The molecule has 0 saturated carbocycles. The number of nitrogens with one attached hydrogen (secondary N) is 1. The quantitative estimate of drug-likeness (QED) is 0.629. The van der Waals surface area contributed by atoms with Crippen molar-refractivity contribution in [1.29, 1.82) is 5.26 Å². The second-order valence-corrected chi connectivity index (χ2v) is 7.08. The number of nitrogens with zero attached hydrogens (tertiary/aromatic N) is 2. The van der Waals surface area contributed by atoms with Gasteiger partial charge in [-0.2, -0.15) is 5.26 Å². The van der Waals surface area contributed by atoms with Crippen molar-refractivity contribution < 1.29 is 24.2 Å². The molecule has 0 radical (unpaired) electrons.